The summed E-state index contributed by atoms with van der Waals surface area (Å²) in [5.41, 5.74) is 0. The third-order valence-corrected chi connectivity index (χ3v) is 2.89. The number of hydrogen-bond donors (Lipinski definition) is 1. The minimum absolute atomic E-state index is 0.454. The molecule has 7 heteroatoms. The van der Waals surface area contributed by atoms with Crippen molar-refractivity contribution >= 4 is 21.9 Å². The Labute approximate surface area is 128 Å². The first kappa shape index (κ1) is 17.1. The van der Waals surface area contributed by atoms with E-state index in [4.69, 9.17) is 14.2 Å². The smallest absolute Gasteiger partial charge is 0.232 e. The lowest BCUT2D eigenvalue weighted by Crippen LogP contribution is -2.11. The first-order valence-corrected chi connectivity index (χ1v) is 7.53. The maximum Gasteiger partial charge on any atom is 0.232 e. The lowest BCUT2D eigenvalue weighted by Gasteiger charge is -2.09. The molecule has 0 bridgehead atoms. The third-order valence-electron chi connectivity index (χ3n) is 2.35. The summed E-state index contributed by atoms with van der Waals surface area (Å²) in [6.07, 6.45) is 3.59. The fourth-order valence-electron chi connectivity index (χ4n) is 1.38. The van der Waals surface area contributed by atoms with Gasteiger partial charge in [0.15, 0.2) is 0 Å². The van der Waals surface area contributed by atoms with Gasteiger partial charge in [0.1, 0.15) is 6.61 Å². The molecule has 0 unspecified atom stereocenters. The maximum atomic E-state index is 5.57. The molecule has 0 saturated heterocycles. The Hall–Kier alpha value is -0.920. The van der Waals surface area contributed by atoms with Crippen molar-refractivity contribution in [2.24, 2.45) is 0 Å². The second-order valence-corrected chi connectivity index (χ2v) is 4.93. The first-order chi connectivity index (χ1) is 9.77. The van der Waals surface area contributed by atoms with Crippen LogP contribution in [0.1, 0.15) is 19.8 Å². The van der Waals surface area contributed by atoms with E-state index >= 15 is 0 Å². The lowest BCUT2D eigenvalue weighted by atomic mass is 10.5. The van der Waals surface area contributed by atoms with Crippen molar-refractivity contribution in [2.45, 2.75) is 19.8 Å². The van der Waals surface area contributed by atoms with Gasteiger partial charge in [-0.2, -0.15) is 4.98 Å². The van der Waals surface area contributed by atoms with Gasteiger partial charge in [-0.1, -0.05) is 6.92 Å². The van der Waals surface area contributed by atoms with Crippen LogP contribution in [-0.4, -0.2) is 50.1 Å². The van der Waals surface area contributed by atoms with Crippen LogP contribution in [0.25, 0.3) is 0 Å². The lowest BCUT2D eigenvalue weighted by molar-refractivity contribution is 0.0793. The molecule has 1 heterocycles. The van der Waals surface area contributed by atoms with Crippen molar-refractivity contribution in [3.05, 3.63) is 10.7 Å². The SMILES string of the molecule is CCCNc1ncc(Br)c(OCCOCCCOC)n1. The van der Waals surface area contributed by atoms with Crippen LogP contribution in [0.3, 0.4) is 0 Å². The van der Waals surface area contributed by atoms with Gasteiger partial charge in [-0.25, -0.2) is 4.98 Å². The average molecular weight is 348 g/mol. The van der Waals surface area contributed by atoms with Gasteiger partial charge in [-0.3, -0.25) is 0 Å². The number of hydrogen-bond acceptors (Lipinski definition) is 6. The van der Waals surface area contributed by atoms with E-state index < -0.39 is 0 Å². The Kier molecular flexibility index (Phi) is 9.27. The number of ether oxygens (including phenoxy) is 3. The Morgan fingerprint density at radius 3 is 2.85 bits per heavy atom. The molecule has 1 N–H and O–H groups in total. The van der Waals surface area contributed by atoms with Gasteiger partial charge in [0.25, 0.3) is 0 Å². The molecule has 0 aliphatic carbocycles. The minimum atomic E-state index is 0.454. The average Bonchev–Trinajstić information content (AvgIpc) is 2.46. The Morgan fingerprint density at radius 1 is 1.25 bits per heavy atom. The Morgan fingerprint density at radius 2 is 2.10 bits per heavy atom. The third kappa shape index (κ3) is 7.02. The van der Waals surface area contributed by atoms with Crippen LogP contribution >= 0.6 is 15.9 Å². The molecule has 1 aromatic heterocycles. The van der Waals surface area contributed by atoms with Crippen LogP contribution < -0.4 is 10.1 Å². The zero-order valence-electron chi connectivity index (χ0n) is 12.0. The fourth-order valence-corrected chi connectivity index (χ4v) is 1.68. The van der Waals surface area contributed by atoms with Gasteiger partial charge in [0.05, 0.1) is 17.3 Å². The van der Waals surface area contributed by atoms with E-state index in [1.807, 2.05) is 0 Å². The molecule has 0 aromatic carbocycles. The largest absolute Gasteiger partial charge is 0.474 e. The van der Waals surface area contributed by atoms with Crippen molar-refractivity contribution in [1.29, 1.82) is 0 Å². The molecule has 0 atom stereocenters. The van der Waals surface area contributed by atoms with E-state index in [1.54, 1.807) is 13.3 Å². The van der Waals surface area contributed by atoms with E-state index in [0.717, 1.165) is 23.9 Å². The maximum absolute atomic E-state index is 5.57. The number of anilines is 1. The quantitative estimate of drug-likeness (QED) is 0.620. The summed E-state index contributed by atoms with van der Waals surface area (Å²) >= 11 is 3.37. The second-order valence-electron chi connectivity index (χ2n) is 4.08. The summed E-state index contributed by atoms with van der Waals surface area (Å²) in [5.74, 6) is 1.10. The van der Waals surface area contributed by atoms with Gasteiger partial charge >= 0.3 is 0 Å². The van der Waals surface area contributed by atoms with Crippen LogP contribution in [0, 0.1) is 0 Å². The second kappa shape index (κ2) is 10.8. The molecule has 0 fully saturated rings. The van der Waals surface area contributed by atoms with E-state index in [1.165, 1.54) is 0 Å². The predicted octanol–water partition coefficient (Wildman–Crippen LogP) is 2.49. The van der Waals surface area contributed by atoms with E-state index in [-0.39, 0.29) is 0 Å². The van der Waals surface area contributed by atoms with E-state index in [2.05, 4.69) is 38.1 Å². The molecule has 114 valence electrons. The van der Waals surface area contributed by atoms with Gasteiger partial charge in [0, 0.05) is 26.9 Å². The molecule has 1 rings (SSSR count). The van der Waals surface area contributed by atoms with Crippen LogP contribution in [-0.2, 0) is 9.47 Å². The van der Waals surface area contributed by atoms with Crippen LogP contribution in [0.4, 0.5) is 5.95 Å². The topological polar surface area (TPSA) is 65.5 Å². The highest BCUT2D eigenvalue weighted by Gasteiger charge is 2.05. The van der Waals surface area contributed by atoms with Crippen LogP contribution in [0.15, 0.2) is 10.7 Å². The molecular formula is C13H22BrN3O3. The zero-order chi connectivity index (χ0) is 14.6. The summed E-state index contributed by atoms with van der Waals surface area (Å²) in [5, 5.41) is 3.12. The molecule has 0 spiro atoms. The summed E-state index contributed by atoms with van der Waals surface area (Å²) < 4.78 is 16.7. The van der Waals surface area contributed by atoms with Crippen molar-refractivity contribution in [3.8, 4) is 5.88 Å². The van der Waals surface area contributed by atoms with Crippen molar-refractivity contribution in [3.63, 3.8) is 0 Å². The molecule has 0 radical (unpaired) electrons. The molecule has 1 aromatic rings. The molecule has 0 amide bonds. The zero-order valence-corrected chi connectivity index (χ0v) is 13.6. The number of methoxy groups -OCH3 is 1. The highest BCUT2D eigenvalue weighted by atomic mass is 79.9. The molecule has 0 aliphatic heterocycles. The van der Waals surface area contributed by atoms with E-state index in [9.17, 15) is 0 Å². The summed E-state index contributed by atoms with van der Waals surface area (Å²) in [6, 6.07) is 0. The number of aromatic nitrogens is 2. The standard InChI is InChI=1S/C13H22BrN3O3/c1-3-5-15-13-16-10-11(14)12(17-13)20-9-8-19-7-4-6-18-2/h10H,3-9H2,1-2H3,(H,15,16,17). The predicted molar refractivity (Wildman–Crippen MR) is 81.3 cm³/mol. The minimum Gasteiger partial charge on any atom is -0.474 e. The van der Waals surface area contributed by atoms with Crippen LogP contribution in [0.2, 0.25) is 0 Å². The summed E-state index contributed by atoms with van der Waals surface area (Å²) in [4.78, 5) is 8.45. The molecule has 0 saturated carbocycles. The first-order valence-electron chi connectivity index (χ1n) is 6.73. The fraction of sp³-hybridized carbons (Fsp3) is 0.692. The van der Waals surface area contributed by atoms with Crippen molar-refractivity contribution in [2.75, 3.05) is 45.4 Å². The summed E-state index contributed by atoms with van der Waals surface area (Å²) in [6.45, 7) is 5.29. The van der Waals surface area contributed by atoms with Crippen molar-refractivity contribution in [1.82, 2.24) is 9.97 Å². The number of nitrogens with zero attached hydrogens (tertiary/aromatic N) is 2. The normalized spacial score (nSPS) is 10.6. The highest BCUT2D eigenvalue weighted by molar-refractivity contribution is 9.10. The monoisotopic (exact) mass is 347 g/mol. The number of halogens is 1. The van der Waals surface area contributed by atoms with Gasteiger partial charge in [0.2, 0.25) is 11.8 Å². The van der Waals surface area contributed by atoms with Gasteiger partial charge < -0.3 is 19.5 Å². The Bertz CT molecular complexity index is 380. The van der Waals surface area contributed by atoms with Crippen LogP contribution in [0.5, 0.6) is 5.88 Å². The van der Waals surface area contributed by atoms with Gasteiger partial charge in [-0.05, 0) is 28.8 Å². The highest BCUT2D eigenvalue weighted by Crippen LogP contribution is 2.22. The Balaban J connectivity index is 2.27. The molecular weight excluding hydrogens is 326 g/mol. The molecule has 0 aliphatic rings. The van der Waals surface area contributed by atoms with Crippen molar-refractivity contribution < 1.29 is 14.2 Å². The number of nitrogens with one attached hydrogen (secondary N) is 1. The van der Waals surface area contributed by atoms with Gasteiger partial charge in [-0.15, -0.1) is 0 Å². The summed E-state index contributed by atoms with van der Waals surface area (Å²) in [7, 11) is 1.68. The molecule has 6 nitrogen and oxygen atoms in total. The number of rotatable bonds is 11. The molecule has 20 heavy (non-hydrogen) atoms. The van der Waals surface area contributed by atoms with E-state index in [0.29, 0.717) is 38.3 Å².